The van der Waals surface area contributed by atoms with Crippen LogP contribution in [0, 0.1) is 10.1 Å². The lowest BCUT2D eigenvalue weighted by molar-refractivity contribution is -0.384. The van der Waals surface area contributed by atoms with Gasteiger partial charge in [-0.1, -0.05) is 0 Å². The molecule has 0 fully saturated rings. The number of hydrogen-bond acceptors (Lipinski definition) is 6. The smallest absolute Gasteiger partial charge is 0.296 e. The van der Waals surface area contributed by atoms with E-state index in [0.717, 1.165) is 0 Å². The molecule has 0 radical (unpaired) electrons. The Bertz CT molecular complexity index is 546. The van der Waals surface area contributed by atoms with E-state index in [0.29, 0.717) is 24.7 Å². The van der Waals surface area contributed by atoms with E-state index in [1.54, 1.807) is 14.0 Å². The molecule has 1 atom stereocenters. The molecule has 1 amide bonds. The molecule has 0 bridgehead atoms. The van der Waals surface area contributed by atoms with Crippen LogP contribution in [0.4, 0.5) is 11.4 Å². The number of anilines is 1. The highest BCUT2D eigenvalue weighted by atomic mass is 16.6. The number of nitrogens with zero attached hydrogens (tertiary/aromatic N) is 1. The molecular weight excluding hydrogens is 266 g/mol. The summed E-state index contributed by atoms with van der Waals surface area (Å²) in [6, 6.07) is 2.20. The molecule has 1 aromatic carbocycles. The lowest BCUT2D eigenvalue weighted by atomic mass is 10.2. The summed E-state index contributed by atoms with van der Waals surface area (Å²) in [5.74, 6) is 0.323. The van der Waals surface area contributed by atoms with Crippen molar-refractivity contribution in [2.75, 3.05) is 25.6 Å². The number of nitrogens with one attached hydrogen (secondary N) is 2. The van der Waals surface area contributed by atoms with Crippen LogP contribution in [0.3, 0.4) is 0 Å². The predicted molar refractivity (Wildman–Crippen MR) is 71.2 cm³/mol. The maximum absolute atomic E-state index is 11.8. The molecule has 8 nitrogen and oxygen atoms in total. The second-order valence-electron chi connectivity index (χ2n) is 4.27. The third-order valence-corrected chi connectivity index (χ3v) is 2.94. The fourth-order valence-corrected chi connectivity index (χ4v) is 1.70. The fourth-order valence-electron chi connectivity index (χ4n) is 1.70. The van der Waals surface area contributed by atoms with Crippen LogP contribution in [-0.4, -0.2) is 37.1 Å². The van der Waals surface area contributed by atoms with Crippen molar-refractivity contribution in [3.05, 3.63) is 22.2 Å². The zero-order valence-corrected chi connectivity index (χ0v) is 11.1. The minimum absolute atomic E-state index is 0.0892. The van der Waals surface area contributed by atoms with E-state index in [1.807, 2.05) is 0 Å². The van der Waals surface area contributed by atoms with Crippen molar-refractivity contribution in [1.82, 2.24) is 5.32 Å². The summed E-state index contributed by atoms with van der Waals surface area (Å²) in [7, 11) is 1.63. The quantitative estimate of drug-likeness (QED) is 0.628. The Morgan fingerprint density at radius 2 is 1.95 bits per heavy atom. The lowest BCUT2D eigenvalue weighted by Crippen LogP contribution is -2.35. The summed E-state index contributed by atoms with van der Waals surface area (Å²) in [4.78, 5) is 22.3. The van der Waals surface area contributed by atoms with Gasteiger partial charge in [-0.3, -0.25) is 14.9 Å². The summed E-state index contributed by atoms with van der Waals surface area (Å²) < 4.78 is 10.6. The predicted octanol–water partition coefficient (Wildman–Crippen LogP) is 0.912. The first-order valence-corrected chi connectivity index (χ1v) is 6.09. The Labute approximate surface area is 115 Å². The van der Waals surface area contributed by atoms with E-state index in [-0.39, 0.29) is 17.3 Å². The van der Waals surface area contributed by atoms with Crippen LogP contribution in [-0.2, 0) is 4.79 Å². The maximum atomic E-state index is 11.8. The summed E-state index contributed by atoms with van der Waals surface area (Å²) in [6.45, 7) is 2.36. The first-order valence-electron chi connectivity index (χ1n) is 6.09. The molecule has 0 aliphatic carbocycles. The number of ether oxygens (including phenoxy) is 2. The Kier molecular flexibility index (Phi) is 4.04. The molecular formula is C12H15N3O5. The fraction of sp³-hybridized carbons (Fsp3) is 0.417. The van der Waals surface area contributed by atoms with Gasteiger partial charge in [0.2, 0.25) is 5.91 Å². The highest BCUT2D eigenvalue weighted by Gasteiger charge is 2.24. The number of rotatable bonds is 4. The molecule has 108 valence electrons. The van der Waals surface area contributed by atoms with Crippen LogP contribution in [0.15, 0.2) is 12.1 Å². The highest BCUT2D eigenvalue weighted by molar-refractivity contribution is 5.97. The molecule has 0 aromatic heterocycles. The van der Waals surface area contributed by atoms with Gasteiger partial charge in [-0.05, 0) is 14.0 Å². The topological polar surface area (TPSA) is 103 Å². The van der Waals surface area contributed by atoms with Gasteiger partial charge in [-0.15, -0.1) is 0 Å². The largest absolute Gasteiger partial charge is 0.486 e. The number of fused-ring (bicyclic) bond motifs is 1. The first kappa shape index (κ1) is 14.1. The first-order chi connectivity index (χ1) is 9.52. The van der Waals surface area contributed by atoms with Crippen molar-refractivity contribution in [2.45, 2.75) is 13.0 Å². The molecule has 20 heavy (non-hydrogen) atoms. The highest BCUT2D eigenvalue weighted by Crippen LogP contribution is 2.39. The molecule has 0 saturated heterocycles. The molecule has 2 N–H and O–H groups in total. The van der Waals surface area contributed by atoms with Crippen molar-refractivity contribution in [2.24, 2.45) is 0 Å². The Hall–Kier alpha value is -2.35. The van der Waals surface area contributed by atoms with Gasteiger partial charge in [0.25, 0.3) is 5.69 Å². The standard InChI is InChI=1S/C12H15N3O5/c1-7(13-2)12(16)14-8-5-10-11(20-4-3-19-10)6-9(8)15(17)18/h5-7,13H,3-4H2,1-2H3,(H,14,16). The monoisotopic (exact) mass is 281 g/mol. The second-order valence-corrected chi connectivity index (χ2v) is 4.27. The van der Waals surface area contributed by atoms with Gasteiger partial charge in [0.1, 0.15) is 18.9 Å². The SMILES string of the molecule is CNC(C)C(=O)Nc1cc2c(cc1[N+](=O)[O-])OCCO2. The van der Waals surface area contributed by atoms with Gasteiger partial charge >= 0.3 is 0 Å². The number of carbonyl (C=O) groups excluding carboxylic acids is 1. The average molecular weight is 281 g/mol. The van der Waals surface area contributed by atoms with Gasteiger partial charge in [-0.2, -0.15) is 0 Å². The summed E-state index contributed by atoms with van der Waals surface area (Å²) >= 11 is 0. The summed E-state index contributed by atoms with van der Waals surface area (Å²) in [6.07, 6.45) is 0. The van der Waals surface area contributed by atoms with Crippen molar-refractivity contribution in [1.29, 1.82) is 0 Å². The van der Waals surface area contributed by atoms with Gasteiger partial charge in [0.15, 0.2) is 11.5 Å². The van der Waals surface area contributed by atoms with E-state index >= 15 is 0 Å². The third-order valence-electron chi connectivity index (χ3n) is 2.94. The van der Waals surface area contributed by atoms with E-state index in [9.17, 15) is 14.9 Å². The number of amides is 1. The number of hydrogen-bond donors (Lipinski definition) is 2. The molecule has 1 aliphatic rings. The van der Waals surface area contributed by atoms with E-state index in [4.69, 9.17) is 9.47 Å². The van der Waals surface area contributed by atoms with Crippen molar-refractivity contribution >= 4 is 17.3 Å². The van der Waals surface area contributed by atoms with Crippen LogP contribution in [0.1, 0.15) is 6.92 Å². The normalized spacial score (nSPS) is 14.5. The minimum atomic E-state index is -0.572. The molecule has 1 unspecified atom stereocenters. The molecule has 1 aromatic rings. The Morgan fingerprint density at radius 1 is 1.35 bits per heavy atom. The van der Waals surface area contributed by atoms with E-state index < -0.39 is 11.0 Å². The van der Waals surface area contributed by atoms with Crippen molar-refractivity contribution < 1.29 is 19.2 Å². The molecule has 0 saturated carbocycles. The van der Waals surface area contributed by atoms with Crippen LogP contribution in [0.5, 0.6) is 11.5 Å². The molecule has 1 aliphatic heterocycles. The van der Waals surface area contributed by atoms with E-state index in [2.05, 4.69) is 10.6 Å². The van der Waals surface area contributed by atoms with Crippen molar-refractivity contribution in [3.63, 3.8) is 0 Å². The minimum Gasteiger partial charge on any atom is -0.486 e. The maximum Gasteiger partial charge on any atom is 0.296 e. The van der Waals surface area contributed by atoms with Crippen LogP contribution in [0.2, 0.25) is 0 Å². The summed E-state index contributed by atoms with van der Waals surface area (Å²) in [5.41, 5.74) is -0.141. The lowest BCUT2D eigenvalue weighted by Gasteiger charge is -2.19. The number of nitro groups is 1. The number of benzene rings is 1. The molecule has 8 heteroatoms. The van der Waals surface area contributed by atoms with Gasteiger partial charge in [0, 0.05) is 6.07 Å². The van der Waals surface area contributed by atoms with Gasteiger partial charge in [0.05, 0.1) is 17.0 Å². The van der Waals surface area contributed by atoms with Gasteiger partial charge in [-0.25, -0.2) is 0 Å². The van der Waals surface area contributed by atoms with Crippen LogP contribution >= 0.6 is 0 Å². The van der Waals surface area contributed by atoms with Crippen LogP contribution < -0.4 is 20.1 Å². The average Bonchev–Trinajstić information content (AvgIpc) is 2.45. The second kappa shape index (κ2) is 5.74. The third kappa shape index (κ3) is 2.80. The zero-order valence-electron chi connectivity index (χ0n) is 11.1. The Balaban J connectivity index is 2.35. The Morgan fingerprint density at radius 3 is 2.50 bits per heavy atom. The molecule has 1 heterocycles. The molecule has 0 spiro atoms. The number of nitro benzene ring substituents is 1. The van der Waals surface area contributed by atoms with Gasteiger partial charge < -0.3 is 20.1 Å². The van der Waals surface area contributed by atoms with Crippen LogP contribution in [0.25, 0.3) is 0 Å². The number of carbonyl (C=O) groups is 1. The number of likely N-dealkylation sites (N-methyl/N-ethyl adjacent to an activating group) is 1. The van der Waals surface area contributed by atoms with E-state index in [1.165, 1.54) is 12.1 Å². The van der Waals surface area contributed by atoms with Crippen molar-refractivity contribution in [3.8, 4) is 11.5 Å². The molecule has 2 rings (SSSR count). The zero-order chi connectivity index (χ0) is 14.7. The summed E-state index contributed by atoms with van der Waals surface area (Å²) in [5, 5.41) is 16.3.